The topological polar surface area (TPSA) is 26.3 Å². The second kappa shape index (κ2) is 9.11. The molecule has 0 N–H and O–H groups in total. The van der Waals surface area contributed by atoms with E-state index in [1.807, 2.05) is 61.5 Å². The van der Waals surface area contributed by atoms with Crippen LogP contribution in [0.25, 0.3) is 12.2 Å². The van der Waals surface area contributed by atoms with Gasteiger partial charge in [0.15, 0.2) is 5.78 Å². The van der Waals surface area contributed by atoms with Crippen LogP contribution in [0.1, 0.15) is 16.7 Å². The predicted molar refractivity (Wildman–Crippen MR) is 100.0 cm³/mol. The Bertz CT molecular complexity index is 683. The molecule has 0 amide bonds. The molecule has 0 saturated heterocycles. The molecule has 0 fully saturated rings. The highest BCUT2D eigenvalue weighted by atomic mass is 79.9. The Balaban J connectivity index is 1.91. The summed E-state index contributed by atoms with van der Waals surface area (Å²) >= 11 is 3.32. The van der Waals surface area contributed by atoms with Crippen molar-refractivity contribution in [3.63, 3.8) is 0 Å². The number of carbonyl (C=O) groups excluding carboxylic acids is 1. The second-order valence-electron chi connectivity index (χ2n) is 5.09. The lowest BCUT2D eigenvalue weighted by molar-refractivity contribution is -0.110. The van der Waals surface area contributed by atoms with E-state index in [1.165, 1.54) is 5.56 Å². The van der Waals surface area contributed by atoms with Gasteiger partial charge in [-0.15, -0.1) is 0 Å². The normalized spacial score (nSPS) is 11.2. The molecule has 0 heterocycles. The molecule has 0 unspecified atom stereocenters. The van der Waals surface area contributed by atoms with Crippen molar-refractivity contribution in [2.24, 2.45) is 0 Å². The van der Waals surface area contributed by atoms with E-state index < -0.39 is 0 Å². The molecule has 2 aromatic carbocycles. The Morgan fingerprint density at radius 3 is 2.00 bits per heavy atom. The smallest absolute Gasteiger partial charge is 0.178 e. The van der Waals surface area contributed by atoms with Crippen molar-refractivity contribution in [1.29, 1.82) is 0 Å². The fourth-order valence-corrected chi connectivity index (χ4v) is 2.08. The molecule has 118 valence electrons. The number of alkyl halides is 1. The van der Waals surface area contributed by atoms with Crippen LogP contribution < -0.4 is 4.74 Å². The Labute approximate surface area is 145 Å². The van der Waals surface area contributed by atoms with Crippen LogP contribution in [0.5, 0.6) is 5.75 Å². The molecule has 0 spiro atoms. The minimum atomic E-state index is -0.0369. The van der Waals surface area contributed by atoms with Gasteiger partial charge in [0.1, 0.15) is 5.75 Å². The van der Waals surface area contributed by atoms with Gasteiger partial charge in [-0.2, -0.15) is 0 Å². The molecule has 3 heteroatoms. The number of aryl methyl sites for hydroxylation is 1. The Hall–Kier alpha value is -2.13. The van der Waals surface area contributed by atoms with E-state index in [9.17, 15) is 4.79 Å². The van der Waals surface area contributed by atoms with E-state index in [2.05, 4.69) is 15.9 Å². The van der Waals surface area contributed by atoms with Gasteiger partial charge in [0.05, 0.1) is 6.61 Å². The van der Waals surface area contributed by atoms with E-state index in [1.54, 1.807) is 18.2 Å². The number of rotatable bonds is 7. The molecule has 2 rings (SSSR count). The average Bonchev–Trinajstić information content (AvgIpc) is 2.58. The fourth-order valence-electron chi connectivity index (χ4n) is 1.92. The summed E-state index contributed by atoms with van der Waals surface area (Å²) in [5.41, 5.74) is 3.19. The van der Waals surface area contributed by atoms with Crippen LogP contribution in [-0.4, -0.2) is 17.7 Å². The van der Waals surface area contributed by atoms with Crippen molar-refractivity contribution in [2.45, 2.75) is 6.92 Å². The zero-order valence-corrected chi connectivity index (χ0v) is 14.6. The lowest BCUT2D eigenvalue weighted by Gasteiger charge is -2.03. The van der Waals surface area contributed by atoms with Crippen LogP contribution in [0.15, 0.2) is 60.7 Å². The van der Waals surface area contributed by atoms with E-state index in [0.717, 1.165) is 22.2 Å². The van der Waals surface area contributed by atoms with E-state index >= 15 is 0 Å². The molecule has 0 radical (unpaired) electrons. The van der Waals surface area contributed by atoms with Gasteiger partial charge < -0.3 is 4.74 Å². The van der Waals surface area contributed by atoms with E-state index in [-0.39, 0.29) is 5.78 Å². The number of benzene rings is 2. The van der Waals surface area contributed by atoms with Crippen molar-refractivity contribution in [3.05, 3.63) is 77.4 Å². The van der Waals surface area contributed by atoms with Crippen LogP contribution >= 0.6 is 15.9 Å². The molecule has 0 atom stereocenters. The summed E-state index contributed by atoms with van der Waals surface area (Å²) in [7, 11) is 0. The molecule has 0 saturated carbocycles. The third-order valence-electron chi connectivity index (χ3n) is 3.18. The Kier molecular flexibility index (Phi) is 6.82. The van der Waals surface area contributed by atoms with E-state index in [0.29, 0.717) is 6.61 Å². The second-order valence-corrected chi connectivity index (χ2v) is 5.88. The summed E-state index contributed by atoms with van der Waals surface area (Å²) in [6.07, 6.45) is 6.77. The third-order valence-corrected chi connectivity index (χ3v) is 3.51. The predicted octanol–water partition coefficient (Wildman–Crippen LogP) is 5.06. The summed E-state index contributed by atoms with van der Waals surface area (Å²) in [6.45, 7) is 2.68. The maximum atomic E-state index is 11.9. The highest BCUT2D eigenvalue weighted by molar-refractivity contribution is 9.09. The molecule has 0 aliphatic carbocycles. The standard InChI is InChI=1S/C20H19BrO2/c1-16-2-4-17(5-3-16)6-10-19(22)11-7-18-8-12-20(13-9-18)23-15-14-21/h2-13H,14-15H2,1H3/b10-6+,11-7+. The molecular weight excluding hydrogens is 352 g/mol. The highest BCUT2D eigenvalue weighted by Gasteiger charge is 1.94. The molecular formula is C20H19BrO2. The molecule has 0 aliphatic heterocycles. The van der Waals surface area contributed by atoms with Gasteiger partial charge in [-0.25, -0.2) is 0 Å². The third kappa shape index (κ3) is 6.25. The van der Waals surface area contributed by atoms with E-state index in [4.69, 9.17) is 4.74 Å². The zero-order valence-electron chi connectivity index (χ0n) is 13.0. The summed E-state index contributed by atoms with van der Waals surface area (Å²) < 4.78 is 5.48. The lowest BCUT2D eigenvalue weighted by atomic mass is 10.1. The first kappa shape index (κ1) is 17.2. The van der Waals surface area contributed by atoms with Gasteiger partial charge >= 0.3 is 0 Å². The Morgan fingerprint density at radius 1 is 0.957 bits per heavy atom. The number of allylic oxidation sites excluding steroid dienone is 2. The number of ketones is 1. The minimum Gasteiger partial charge on any atom is -0.493 e. The van der Waals surface area contributed by atoms with Crippen LogP contribution in [0.4, 0.5) is 0 Å². The zero-order chi connectivity index (χ0) is 16.5. The number of hydrogen-bond donors (Lipinski definition) is 0. The van der Waals surface area contributed by atoms with Crippen molar-refractivity contribution in [3.8, 4) is 5.75 Å². The molecule has 2 nitrogen and oxygen atoms in total. The van der Waals surface area contributed by atoms with Crippen LogP contribution in [-0.2, 0) is 4.79 Å². The first-order valence-corrected chi connectivity index (χ1v) is 8.55. The summed E-state index contributed by atoms with van der Waals surface area (Å²) in [4.78, 5) is 11.9. The molecule has 0 aromatic heterocycles. The van der Waals surface area contributed by atoms with Crippen molar-refractivity contribution < 1.29 is 9.53 Å². The van der Waals surface area contributed by atoms with Crippen molar-refractivity contribution in [2.75, 3.05) is 11.9 Å². The van der Waals surface area contributed by atoms with Crippen LogP contribution in [0.2, 0.25) is 0 Å². The Morgan fingerprint density at radius 2 is 1.48 bits per heavy atom. The van der Waals surface area contributed by atoms with Gasteiger partial charge in [-0.3, -0.25) is 4.79 Å². The quantitative estimate of drug-likeness (QED) is 0.502. The molecule has 2 aromatic rings. The average molecular weight is 371 g/mol. The number of carbonyl (C=O) groups is 1. The number of hydrogen-bond acceptors (Lipinski definition) is 2. The van der Waals surface area contributed by atoms with Gasteiger partial charge in [-0.1, -0.05) is 70.0 Å². The summed E-state index contributed by atoms with van der Waals surface area (Å²) in [6, 6.07) is 15.7. The summed E-state index contributed by atoms with van der Waals surface area (Å²) in [5, 5.41) is 0.802. The van der Waals surface area contributed by atoms with Gasteiger partial charge in [0.2, 0.25) is 0 Å². The molecule has 0 aliphatic rings. The first-order chi connectivity index (χ1) is 11.2. The van der Waals surface area contributed by atoms with Crippen LogP contribution in [0, 0.1) is 6.92 Å². The number of ether oxygens (including phenoxy) is 1. The maximum Gasteiger partial charge on any atom is 0.178 e. The van der Waals surface area contributed by atoms with Crippen LogP contribution in [0.3, 0.4) is 0 Å². The van der Waals surface area contributed by atoms with Gasteiger partial charge in [0.25, 0.3) is 0 Å². The highest BCUT2D eigenvalue weighted by Crippen LogP contribution is 2.13. The monoisotopic (exact) mass is 370 g/mol. The largest absolute Gasteiger partial charge is 0.493 e. The lowest BCUT2D eigenvalue weighted by Crippen LogP contribution is -1.97. The SMILES string of the molecule is Cc1ccc(/C=C/C(=O)/C=C/c2ccc(OCCBr)cc2)cc1. The summed E-state index contributed by atoms with van der Waals surface area (Å²) in [5.74, 6) is 0.789. The fraction of sp³-hybridized carbons (Fsp3) is 0.150. The van der Waals surface area contributed by atoms with Crippen molar-refractivity contribution in [1.82, 2.24) is 0 Å². The van der Waals surface area contributed by atoms with Crippen molar-refractivity contribution >= 4 is 33.9 Å². The van der Waals surface area contributed by atoms with Gasteiger partial charge in [-0.05, 0) is 42.3 Å². The molecule has 0 bridgehead atoms. The maximum absolute atomic E-state index is 11.9. The molecule has 23 heavy (non-hydrogen) atoms. The minimum absolute atomic E-state index is 0.0369. The first-order valence-electron chi connectivity index (χ1n) is 7.43. The van der Waals surface area contributed by atoms with Gasteiger partial charge in [0, 0.05) is 5.33 Å². The number of halogens is 1.